The normalized spacial score (nSPS) is 28.9. The Morgan fingerprint density at radius 3 is 1.42 bits per heavy atom. The fourth-order valence-corrected chi connectivity index (χ4v) is 9.62. The van der Waals surface area contributed by atoms with Crippen molar-refractivity contribution in [3.8, 4) is 34.1 Å². The third-order valence-electron chi connectivity index (χ3n) is 11.9. The minimum Gasteiger partial charge on any atom is -0.504 e. The van der Waals surface area contributed by atoms with Gasteiger partial charge in [0.15, 0.2) is 34.5 Å². The van der Waals surface area contributed by atoms with Gasteiger partial charge in [-0.05, 0) is 123 Å². The molecular formula is C38H40N2O8. The summed E-state index contributed by atoms with van der Waals surface area (Å²) in [5, 5.41) is 23.9. The van der Waals surface area contributed by atoms with Gasteiger partial charge in [0.2, 0.25) is 11.6 Å². The Kier molecular flexibility index (Phi) is 6.72. The van der Waals surface area contributed by atoms with Crippen molar-refractivity contribution in [3.05, 3.63) is 81.4 Å². The number of aromatic hydroxyl groups is 2. The number of phenolic OH excluding ortho intramolecular Hbond substituents is 2. The molecule has 0 aromatic heterocycles. The number of hydrogen-bond acceptors (Lipinski definition) is 10. The van der Waals surface area contributed by atoms with E-state index in [-0.39, 0.29) is 46.7 Å². The maximum Gasteiger partial charge on any atom is 0.220 e. The van der Waals surface area contributed by atoms with E-state index in [1.54, 1.807) is 26.4 Å². The summed E-state index contributed by atoms with van der Waals surface area (Å²) in [7, 11) is 10.2. The molecule has 8 rings (SSSR count). The lowest BCUT2D eigenvalue weighted by Crippen LogP contribution is -2.55. The molecule has 0 radical (unpaired) electrons. The average Bonchev–Trinajstić information content (AvgIpc) is 3.07. The fourth-order valence-electron chi connectivity index (χ4n) is 9.62. The highest BCUT2D eigenvalue weighted by Gasteiger charge is 2.55. The van der Waals surface area contributed by atoms with Crippen molar-refractivity contribution >= 4 is 11.6 Å². The van der Waals surface area contributed by atoms with Crippen molar-refractivity contribution in [3.63, 3.8) is 0 Å². The zero-order valence-electron chi connectivity index (χ0n) is 28.1. The van der Waals surface area contributed by atoms with Crippen molar-refractivity contribution in [2.45, 2.75) is 48.6 Å². The monoisotopic (exact) mass is 652 g/mol. The van der Waals surface area contributed by atoms with Gasteiger partial charge in [-0.1, -0.05) is 0 Å². The number of phenols is 2. The van der Waals surface area contributed by atoms with Gasteiger partial charge in [-0.15, -0.1) is 0 Å². The number of piperidine rings is 2. The highest BCUT2D eigenvalue weighted by molar-refractivity contribution is 6.06. The molecule has 2 N–H and O–H groups in total. The Bertz CT molecular complexity index is 1820. The van der Waals surface area contributed by atoms with Gasteiger partial charge >= 0.3 is 0 Å². The molecule has 4 atom stereocenters. The number of hydrogen-bond donors (Lipinski definition) is 2. The Labute approximate surface area is 279 Å². The van der Waals surface area contributed by atoms with Gasteiger partial charge in [0.1, 0.15) is 0 Å². The van der Waals surface area contributed by atoms with Crippen LogP contribution in [0.4, 0.5) is 0 Å². The summed E-state index contributed by atoms with van der Waals surface area (Å²) >= 11 is 0. The smallest absolute Gasteiger partial charge is 0.220 e. The molecule has 0 amide bonds. The third-order valence-corrected chi connectivity index (χ3v) is 11.9. The van der Waals surface area contributed by atoms with E-state index in [2.05, 4.69) is 23.9 Å². The second-order valence-corrected chi connectivity index (χ2v) is 13.9. The summed E-state index contributed by atoms with van der Waals surface area (Å²) in [6.45, 7) is 1.52. The fraction of sp³-hybridized carbons (Fsp3) is 0.421. The van der Waals surface area contributed by atoms with E-state index in [0.29, 0.717) is 48.3 Å². The summed E-state index contributed by atoms with van der Waals surface area (Å²) < 4.78 is 22.9. The van der Waals surface area contributed by atoms with Crippen LogP contribution in [0.25, 0.3) is 11.1 Å². The molecule has 2 aromatic rings. The zero-order valence-corrected chi connectivity index (χ0v) is 28.1. The molecule has 10 heteroatoms. The van der Waals surface area contributed by atoms with Gasteiger partial charge in [-0.2, -0.15) is 0 Å². The van der Waals surface area contributed by atoms with Crippen molar-refractivity contribution in [1.29, 1.82) is 0 Å². The molecule has 10 nitrogen and oxygen atoms in total. The first kappa shape index (κ1) is 30.8. The van der Waals surface area contributed by atoms with Crippen molar-refractivity contribution in [2.24, 2.45) is 0 Å². The van der Waals surface area contributed by atoms with Crippen LogP contribution in [0.2, 0.25) is 0 Å². The molecule has 2 fully saturated rings. The van der Waals surface area contributed by atoms with Crippen LogP contribution in [0.1, 0.15) is 35.1 Å². The number of carbonyl (C=O) groups is 2. The van der Waals surface area contributed by atoms with Gasteiger partial charge < -0.3 is 29.2 Å². The summed E-state index contributed by atoms with van der Waals surface area (Å²) in [5.41, 5.74) is 5.40. The second-order valence-electron chi connectivity index (χ2n) is 13.9. The number of ether oxygens (including phenoxy) is 4. The number of likely N-dealkylation sites (N-methyl/N-ethyl adjacent to an activating group) is 2. The molecule has 0 spiro atoms. The molecule has 2 saturated heterocycles. The molecule has 2 aromatic carbocycles. The predicted octanol–water partition coefficient (Wildman–Crippen LogP) is 3.86. The number of likely N-dealkylation sites (tertiary alicyclic amines) is 2. The van der Waals surface area contributed by atoms with Crippen LogP contribution in [-0.2, 0) is 42.7 Å². The molecule has 0 unspecified atom stereocenters. The number of benzene rings is 2. The largest absolute Gasteiger partial charge is 0.504 e. The molecule has 4 bridgehead atoms. The number of carbonyl (C=O) groups excluding carboxylic acids is 2. The van der Waals surface area contributed by atoms with E-state index < -0.39 is 10.8 Å². The molecular weight excluding hydrogens is 612 g/mol. The Morgan fingerprint density at radius 1 is 0.667 bits per heavy atom. The number of rotatable bonds is 5. The molecule has 250 valence electrons. The Morgan fingerprint density at radius 2 is 1.06 bits per heavy atom. The lowest BCUT2D eigenvalue weighted by Gasteiger charge is -2.53. The molecule has 2 aliphatic heterocycles. The number of fused-ring (bicyclic) bond motifs is 2. The summed E-state index contributed by atoms with van der Waals surface area (Å²) in [6.07, 6.45) is 9.55. The third kappa shape index (κ3) is 3.81. The first-order valence-corrected chi connectivity index (χ1v) is 16.4. The second kappa shape index (κ2) is 10.5. The highest BCUT2D eigenvalue weighted by Crippen LogP contribution is 2.61. The van der Waals surface area contributed by atoms with Crippen molar-refractivity contribution < 1.29 is 38.7 Å². The molecule has 0 saturated carbocycles. The van der Waals surface area contributed by atoms with Gasteiger partial charge in [-0.3, -0.25) is 19.4 Å². The minimum atomic E-state index is -0.774. The van der Waals surface area contributed by atoms with Crippen LogP contribution in [0.15, 0.2) is 59.1 Å². The molecule has 6 aliphatic rings. The van der Waals surface area contributed by atoms with Gasteiger partial charge in [0.25, 0.3) is 0 Å². The lowest BCUT2D eigenvalue weighted by molar-refractivity contribution is -0.115. The maximum atomic E-state index is 13.1. The van der Waals surface area contributed by atoms with E-state index in [9.17, 15) is 19.8 Å². The summed E-state index contributed by atoms with van der Waals surface area (Å²) in [4.78, 5) is 30.8. The Hall–Kier alpha value is -4.54. The quantitative estimate of drug-likeness (QED) is 0.493. The number of nitrogens with zero attached hydrogens (tertiary/aromatic N) is 2. The van der Waals surface area contributed by atoms with Gasteiger partial charge in [0.05, 0.1) is 28.4 Å². The minimum absolute atomic E-state index is 0.0460. The molecule has 48 heavy (non-hydrogen) atoms. The van der Waals surface area contributed by atoms with Crippen LogP contribution >= 0.6 is 0 Å². The topological polar surface area (TPSA) is 118 Å². The van der Waals surface area contributed by atoms with E-state index >= 15 is 0 Å². The number of ketones is 2. The number of allylic oxidation sites excluding steroid dienone is 4. The van der Waals surface area contributed by atoms with Crippen LogP contribution in [0.5, 0.6) is 23.0 Å². The van der Waals surface area contributed by atoms with E-state index in [0.717, 1.165) is 46.5 Å². The predicted molar refractivity (Wildman–Crippen MR) is 178 cm³/mol. The maximum absolute atomic E-state index is 13.1. The first-order chi connectivity index (χ1) is 23.0. The van der Waals surface area contributed by atoms with E-state index in [4.69, 9.17) is 18.9 Å². The Balaban J connectivity index is 1.47. The highest BCUT2D eigenvalue weighted by atomic mass is 16.5. The van der Waals surface area contributed by atoms with E-state index in [1.165, 1.54) is 14.2 Å². The number of methoxy groups -OCH3 is 4. The lowest BCUT2D eigenvalue weighted by atomic mass is 9.56. The average molecular weight is 653 g/mol. The SMILES string of the molecule is COC1=C[C@]23CCN(C)[C@H](Cc4c(-c5cc(OC)c(O)c6c5C[C@@H]5C7=CC(=O)C(OC)=C[C@@]76CCN5C)cc(OC)c(O)c42)C3=CC1=O. The molecule has 4 aliphatic carbocycles. The zero-order chi connectivity index (χ0) is 33.9. The van der Waals surface area contributed by atoms with Crippen LogP contribution in [0, 0.1) is 0 Å². The van der Waals surface area contributed by atoms with Crippen LogP contribution in [-0.4, -0.2) is 99.3 Å². The van der Waals surface area contributed by atoms with Crippen molar-refractivity contribution in [1.82, 2.24) is 9.80 Å². The van der Waals surface area contributed by atoms with Gasteiger partial charge in [0, 0.05) is 34.0 Å². The van der Waals surface area contributed by atoms with Crippen LogP contribution in [0.3, 0.4) is 0 Å². The molecule has 2 heterocycles. The van der Waals surface area contributed by atoms with E-state index in [1.807, 2.05) is 24.3 Å². The first-order valence-electron chi connectivity index (χ1n) is 16.4. The van der Waals surface area contributed by atoms with Crippen LogP contribution < -0.4 is 9.47 Å². The summed E-state index contributed by atoms with van der Waals surface area (Å²) in [5.74, 6) is 0.871. The summed E-state index contributed by atoms with van der Waals surface area (Å²) in [6, 6.07) is 3.61. The standard InChI is InChI=1S/C38H40N2O8/c1-39-9-7-37-17-31(47-5)27(41)15-23(37)25(39)11-21-19(13-29(45-3)35(43)33(21)37)20-14-30(46-4)36(44)34-22(20)12-26-24-16-28(42)32(48-6)18-38(24,34)8-10-40(26)2/h13-18,25-26,43-44H,7-12H2,1-6H3/t25-,26-,37+,38+/m1/s1. The van der Waals surface area contributed by atoms with Gasteiger partial charge in [-0.25, -0.2) is 0 Å². The van der Waals surface area contributed by atoms with Crippen molar-refractivity contribution in [2.75, 3.05) is 55.6 Å².